The van der Waals surface area contributed by atoms with Crippen molar-refractivity contribution >= 4 is 27.6 Å². The van der Waals surface area contributed by atoms with Crippen LogP contribution in [-0.2, 0) is 11.2 Å². The van der Waals surface area contributed by atoms with Gasteiger partial charge in [-0.1, -0.05) is 60.7 Å². The van der Waals surface area contributed by atoms with Gasteiger partial charge in [-0.05, 0) is 28.5 Å². The lowest BCUT2D eigenvalue weighted by Gasteiger charge is -2.10. The summed E-state index contributed by atoms with van der Waals surface area (Å²) in [5.41, 5.74) is 1.87. The average Bonchev–Trinajstić information content (AvgIpc) is 2.71. The zero-order chi connectivity index (χ0) is 18.5. The molecule has 3 aromatic carbocycles. The number of hydrogen-bond acceptors (Lipinski definition) is 3. The Hall–Kier alpha value is -3.40. The van der Waals surface area contributed by atoms with Crippen molar-refractivity contribution in [3.05, 3.63) is 84.6 Å². The molecule has 4 nitrogen and oxygen atoms in total. The summed E-state index contributed by atoms with van der Waals surface area (Å²) < 4.78 is 5.81. The lowest BCUT2D eigenvalue weighted by atomic mass is 10.0. The van der Waals surface area contributed by atoms with Gasteiger partial charge < -0.3 is 10.1 Å². The van der Waals surface area contributed by atoms with Crippen molar-refractivity contribution in [1.29, 1.82) is 0 Å². The van der Waals surface area contributed by atoms with E-state index in [4.69, 9.17) is 4.74 Å². The third kappa shape index (κ3) is 3.90. The van der Waals surface area contributed by atoms with Crippen molar-refractivity contribution in [2.24, 2.45) is 0 Å². The topological polar surface area (TPSA) is 51.2 Å². The molecular weight excluding hydrogens is 336 g/mol. The summed E-state index contributed by atoms with van der Waals surface area (Å²) in [6.07, 6.45) is 2.11. The van der Waals surface area contributed by atoms with Crippen LogP contribution in [0.15, 0.2) is 79.0 Å². The van der Waals surface area contributed by atoms with Crippen LogP contribution in [0.1, 0.15) is 5.56 Å². The Morgan fingerprint density at radius 1 is 0.889 bits per heavy atom. The molecule has 0 atom stereocenters. The van der Waals surface area contributed by atoms with Gasteiger partial charge in [0.25, 0.3) is 0 Å². The van der Waals surface area contributed by atoms with Crippen LogP contribution in [0.5, 0.6) is 5.75 Å². The number of amides is 1. The Bertz CT molecular complexity index is 1080. The summed E-state index contributed by atoms with van der Waals surface area (Å²) in [6.45, 7) is 0.851. The SMILES string of the molecule is O=C(Cc1cccc2ccccc12)NCCOc1cccc2cccnc12. The molecule has 0 aliphatic rings. The molecule has 0 radical (unpaired) electrons. The van der Waals surface area contributed by atoms with E-state index in [0.717, 1.165) is 33.0 Å². The summed E-state index contributed by atoms with van der Waals surface area (Å²) in [5.74, 6) is 0.724. The Labute approximate surface area is 157 Å². The number of pyridine rings is 1. The first-order valence-corrected chi connectivity index (χ1v) is 9.01. The van der Waals surface area contributed by atoms with Crippen LogP contribution in [0.2, 0.25) is 0 Å². The zero-order valence-electron chi connectivity index (χ0n) is 14.9. The number of carbonyl (C=O) groups is 1. The fourth-order valence-corrected chi connectivity index (χ4v) is 3.23. The maximum Gasteiger partial charge on any atom is 0.224 e. The minimum absolute atomic E-state index is 0.00834. The molecule has 1 aromatic heterocycles. The lowest BCUT2D eigenvalue weighted by Crippen LogP contribution is -2.29. The number of rotatable bonds is 6. The third-order valence-electron chi connectivity index (χ3n) is 4.51. The van der Waals surface area contributed by atoms with Gasteiger partial charge in [0.05, 0.1) is 13.0 Å². The van der Waals surface area contributed by atoms with E-state index in [2.05, 4.69) is 28.5 Å². The molecule has 0 bridgehead atoms. The van der Waals surface area contributed by atoms with Gasteiger partial charge in [-0.2, -0.15) is 0 Å². The van der Waals surface area contributed by atoms with E-state index >= 15 is 0 Å². The maximum absolute atomic E-state index is 12.3. The molecule has 1 N–H and O–H groups in total. The summed E-state index contributed by atoms with van der Waals surface area (Å²) >= 11 is 0. The smallest absolute Gasteiger partial charge is 0.224 e. The van der Waals surface area contributed by atoms with Gasteiger partial charge in [0, 0.05) is 11.6 Å². The van der Waals surface area contributed by atoms with E-state index in [-0.39, 0.29) is 5.91 Å². The highest BCUT2D eigenvalue weighted by atomic mass is 16.5. The number of nitrogens with one attached hydrogen (secondary N) is 1. The second kappa shape index (κ2) is 7.87. The molecule has 0 saturated carbocycles. The molecule has 0 aliphatic carbocycles. The predicted octanol–water partition coefficient (Wildman–Crippen LogP) is 4.13. The van der Waals surface area contributed by atoms with Crippen LogP contribution >= 0.6 is 0 Å². The quantitative estimate of drug-likeness (QED) is 0.529. The zero-order valence-corrected chi connectivity index (χ0v) is 14.9. The molecule has 1 amide bonds. The highest BCUT2D eigenvalue weighted by Gasteiger charge is 2.07. The first kappa shape index (κ1) is 17.0. The van der Waals surface area contributed by atoms with Gasteiger partial charge >= 0.3 is 0 Å². The minimum atomic E-state index is -0.00834. The van der Waals surface area contributed by atoms with E-state index in [1.807, 2.05) is 54.6 Å². The maximum atomic E-state index is 12.3. The molecule has 0 spiro atoms. The molecular formula is C23H20N2O2. The molecule has 134 valence electrons. The number of hydrogen-bond donors (Lipinski definition) is 1. The van der Waals surface area contributed by atoms with Gasteiger partial charge in [0.1, 0.15) is 17.9 Å². The summed E-state index contributed by atoms with van der Waals surface area (Å²) in [5, 5.41) is 6.23. The van der Waals surface area contributed by atoms with Crippen LogP contribution in [0.3, 0.4) is 0 Å². The van der Waals surface area contributed by atoms with Crippen LogP contribution in [0.25, 0.3) is 21.7 Å². The van der Waals surface area contributed by atoms with Gasteiger partial charge in [-0.15, -0.1) is 0 Å². The molecule has 0 fully saturated rings. The lowest BCUT2D eigenvalue weighted by molar-refractivity contribution is -0.120. The molecule has 4 heteroatoms. The van der Waals surface area contributed by atoms with E-state index in [9.17, 15) is 4.79 Å². The highest BCUT2D eigenvalue weighted by molar-refractivity contribution is 5.90. The summed E-state index contributed by atoms with van der Waals surface area (Å²) in [6, 6.07) is 23.9. The molecule has 0 aliphatic heterocycles. The number of benzene rings is 3. The average molecular weight is 356 g/mol. The van der Waals surface area contributed by atoms with Crippen LogP contribution < -0.4 is 10.1 Å². The number of nitrogens with zero attached hydrogens (tertiary/aromatic N) is 1. The Morgan fingerprint density at radius 3 is 2.63 bits per heavy atom. The van der Waals surface area contributed by atoms with Gasteiger partial charge in [0.15, 0.2) is 0 Å². The molecule has 1 heterocycles. The standard InChI is InChI=1S/C23H20N2O2/c26-22(16-19-9-3-7-17-6-1-2-11-20(17)19)24-14-15-27-21-12-4-8-18-10-5-13-25-23(18)21/h1-13H,14-16H2,(H,24,26). The second-order valence-electron chi connectivity index (χ2n) is 6.34. The van der Waals surface area contributed by atoms with E-state index < -0.39 is 0 Å². The Kier molecular flexibility index (Phi) is 4.97. The molecule has 27 heavy (non-hydrogen) atoms. The van der Waals surface area contributed by atoms with Crippen molar-refractivity contribution in [3.63, 3.8) is 0 Å². The van der Waals surface area contributed by atoms with Crippen molar-refractivity contribution < 1.29 is 9.53 Å². The van der Waals surface area contributed by atoms with Crippen LogP contribution in [0.4, 0.5) is 0 Å². The van der Waals surface area contributed by atoms with Crippen LogP contribution in [0, 0.1) is 0 Å². The van der Waals surface area contributed by atoms with Gasteiger partial charge in [-0.25, -0.2) is 0 Å². The number of para-hydroxylation sites is 1. The van der Waals surface area contributed by atoms with E-state index in [0.29, 0.717) is 19.6 Å². The monoisotopic (exact) mass is 356 g/mol. The molecule has 0 saturated heterocycles. The molecule has 4 rings (SSSR count). The largest absolute Gasteiger partial charge is 0.489 e. The number of carbonyl (C=O) groups excluding carboxylic acids is 1. The normalized spacial score (nSPS) is 10.8. The fraction of sp³-hybridized carbons (Fsp3) is 0.130. The van der Waals surface area contributed by atoms with E-state index in [1.54, 1.807) is 6.20 Å². The number of ether oxygens (including phenoxy) is 1. The third-order valence-corrected chi connectivity index (χ3v) is 4.51. The summed E-state index contributed by atoms with van der Waals surface area (Å²) in [7, 11) is 0. The number of aromatic nitrogens is 1. The fourth-order valence-electron chi connectivity index (χ4n) is 3.23. The first-order chi connectivity index (χ1) is 13.3. The van der Waals surface area contributed by atoms with Crippen molar-refractivity contribution in [2.75, 3.05) is 13.2 Å². The highest BCUT2D eigenvalue weighted by Crippen LogP contribution is 2.22. The van der Waals surface area contributed by atoms with Crippen molar-refractivity contribution in [1.82, 2.24) is 10.3 Å². The first-order valence-electron chi connectivity index (χ1n) is 9.01. The van der Waals surface area contributed by atoms with Crippen molar-refractivity contribution in [3.8, 4) is 5.75 Å². The predicted molar refractivity (Wildman–Crippen MR) is 108 cm³/mol. The number of fused-ring (bicyclic) bond motifs is 2. The van der Waals surface area contributed by atoms with Crippen molar-refractivity contribution in [2.45, 2.75) is 6.42 Å². The van der Waals surface area contributed by atoms with E-state index in [1.165, 1.54) is 0 Å². The minimum Gasteiger partial charge on any atom is -0.489 e. The van der Waals surface area contributed by atoms with Gasteiger partial charge in [-0.3, -0.25) is 9.78 Å². The summed E-state index contributed by atoms with van der Waals surface area (Å²) in [4.78, 5) is 16.7. The second-order valence-corrected chi connectivity index (χ2v) is 6.34. The Balaban J connectivity index is 1.33. The Morgan fingerprint density at radius 2 is 1.67 bits per heavy atom. The molecule has 4 aromatic rings. The van der Waals surface area contributed by atoms with Gasteiger partial charge in [0.2, 0.25) is 5.91 Å². The van der Waals surface area contributed by atoms with Crippen LogP contribution in [-0.4, -0.2) is 24.0 Å². The molecule has 0 unspecified atom stereocenters.